The molecule has 2 aromatic rings. The van der Waals surface area contributed by atoms with E-state index in [2.05, 4.69) is 14.1 Å². The van der Waals surface area contributed by atoms with Crippen LogP contribution in [0.2, 0.25) is 0 Å². The lowest BCUT2D eigenvalue weighted by Crippen LogP contribution is -2.39. The molecule has 24 heavy (non-hydrogen) atoms. The summed E-state index contributed by atoms with van der Waals surface area (Å²) in [6.07, 6.45) is -2.30. The van der Waals surface area contributed by atoms with E-state index in [-0.39, 0.29) is 18.0 Å². The van der Waals surface area contributed by atoms with E-state index in [1.807, 2.05) is 13.0 Å². The van der Waals surface area contributed by atoms with Crippen LogP contribution in [0.15, 0.2) is 29.8 Å². The van der Waals surface area contributed by atoms with Crippen molar-refractivity contribution in [2.75, 3.05) is 0 Å². The zero-order chi connectivity index (χ0) is 17.3. The van der Waals surface area contributed by atoms with Gasteiger partial charge in [0.15, 0.2) is 0 Å². The van der Waals surface area contributed by atoms with Crippen LogP contribution in [-0.4, -0.2) is 14.9 Å². The summed E-state index contributed by atoms with van der Waals surface area (Å²) in [6, 6.07) is 5.52. The summed E-state index contributed by atoms with van der Waals surface area (Å²) in [6.45, 7) is 2.09. The number of rotatable bonds is 4. The highest BCUT2D eigenvalue weighted by Crippen LogP contribution is 2.33. The minimum absolute atomic E-state index is 0.0464. The molecule has 0 radical (unpaired) electrons. The van der Waals surface area contributed by atoms with Gasteiger partial charge in [0.05, 0.1) is 29.2 Å². The highest BCUT2D eigenvalue weighted by atomic mass is 32.1. The molecule has 1 heterocycles. The Bertz CT molecular complexity index is 754. The fourth-order valence-electron chi connectivity index (χ4n) is 2.85. The number of halogens is 3. The summed E-state index contributed by atoms with van der Waals surface area (Å²) >= 11 is 1.16. The predicted molar refractivity (Wildman–Crippen MR) is 87.2 cm³/mol. The lowest BCUT2D eigenvalue weighted by Gasteiger charge is -2.24. The number of aromatic nitrogens is 2. The Kier molecular flexibility index (Phi) is 4.71. The summed E-state index contributed by atoms with van der Waals surface area (Å²) < 4.78 is 47.6. The van der Waals surface area contributed by atoms with Crippen LogP contribution in [0.3, 0.4) is 0 Å². The van der Waals surface area contributed by atoms with Crippen molar-refractivity contribution in [2.45, 2.75) is 38.1 Å². The molecule has 4 nitrogen and oxygen atoms in total. The van der Waals surface area contributed by atoms with E-state index in [0.717, 1.165) is 34.8 Å². The molecule has 0 saturated carbocycles. The van der Waals surface area contributed by atoms with Crippen molar-refractivity contribution in [1.29, 1.82) is 0 Å². The van der Waals surface area contributed by atoms with Crippen LogP contribution in [0.5, 0.6) is 0 Å². The smallest absolute Gasteiger partial charge is 0.312 e. The zero-order valence-electron chi connectivity index (χ0n) is 13.0. The Morgan fingerprint density at radius 3 is 2.83 bits per heavy atom. The molecule has 0 amide bonds. The third kappa shape index (κ3) is 3.50. The highest BCUT2D eigenvalue weighted by Gasteiger charge is 2.33. The van der Waals surface area contributed by atoms with Gasteiger partial charge in [0.25, 0.3) is 0 Å². The van der Waals surface area contributed by atoms with E-state index in [9.17, 15) is 13.2 Å². The quantitative estimate of drug-likeness (QED) is 0.825. The maximum Gasteiger partial charge on any atom is 0.416 e. The molecule has 0 fully saturated rings. The van der Waals surface area contributed by atoms with E-state index >= 15 is 0 Å². The van der Waals surface area contributed by atoms with Gasteiger partial charge in [-0.3, -0.25) is 5.32 Å². The number of hydrogen-bond acceptors (Lipinski definition) is 5. The van der Waals surface area contributed by atoms with Crippen molar-refractivity contribution in [3.8, 4) is 0 Å². The van der Waals surface area contributed by atoms with Crippen molar-refractivity contribution in [1.82, 2.24) is 14.1 Å². The minimum Gasteiger partial charge on any atom is -0.312 e. The molecule has 2 unspecified atom stereocenters. The molecule has 8 heteroatoms. The molecule has 128 valence electrons. The first-order valence-electron chi connectivity index (χ1n) is 7.53. The van der Waals surface area contributed by atoms with Crippen LogP contribution in [0.4, 0.5) is 13.2 Å². The van der Waals surface area contributed by atoms with Gasteiger partial charge in [-0.1, -0.05) is 25.1 Å². The van der Waals surface area contributed by atoms with Crippen molar-refractivity contribution < 1.29 is 13.2 Å². The minimum atomic E-state index is -4.37. The average Bonchev–Trinajstić information content (AvgIpc) is 3.01. The molecule has 3 N–H and O–H groups in total. The zero-order valence-corrected chi connectivity index (χ0v) is 13.8. The average molecular weight is 354 g/mol. The Balaban J connectivity index is 1.73. The predicted octanol–water partition coefficient (Wildman–Crippen LogP) is 3.52. The van der Waals surface area contributed by atoms with E-state index in [1.165, 1.54) is 12.1 Å². The number of nitrogens with two attached hydrogens (primary N) is 1. The van der Waals surface area contributed by atoms with Gasteiger partial charge in [-0.05, 0) is 29.7 Å². The standard InChI is InChI=1S/C16H17F3N4S/c1-9-6-11(7-13-14(9)23-24-22-13)15(20)21-8-10-4-2-3-5-12(10)16(17,18)19/h2-5,7,9,15,21H,6,8,20H2,1H3. The largest absolute Gasteiger partial charge is 0.416 e. The first kappa shape index (κ1) is 17.1. The number of benzene rings is 1. The second-order valence-corrected chi connectivity index (χ2v) is 6.40. The van der Waals surface area contributed by atoms with Crippen molar-refractivity contribution >= 4 is 17.8 Å². The lowest BCUT2D eigenvalue weighted by atomic mass is 9.89. The van der Waals surface area contributed by atoms with Crippen molar-refractivity contribution in [3.05, 3.63) is 52.4 Å². The molecule has 0 bridgehead atoms. The number of alkyl halides is 3. The molecule has 1 aliphatic carbocycles. The van der Waals surface area contributed by atoms with Gasteiger partial charge in [0.1, 0.15) is 5.69 Å². The Labute approximate surface area is 141 Å². The number of nitrogens with one attached hydrogen (secondary N) is 1. The molecule has 3 rings (SSSR count). The topological polar surface area (TPSA) is 63.8 Å². The van der Waals surface area contributed by atoms with Crippen LogP contribution in [-0.2, 0) is 12.7 Å². The molecule has 1 aromatic carbocycles. The molecule has 2 atom stereocenters. The summed E-state index contributed by atoms with van der Waals surface area (Å²) in [7, 11) is 0. The summed E-state index contributed by atoms with van der Waals surface area (Å²) in [5, 5.41) is 2.99. The summed E-state index contributed by atoms with van der Waals surface area (Å²) in [5.41, 5.74) is 8.37. The Morgan fingerprint density at radius 1 is 1.33 bits per heavy atom. The molecule has 1 aliphatic rings. The molecule has 0 aliphatic heterocycles. The normalized spacial score (nSPS) is 18.9. The van der Waals surface area contributed by atoms with Crippen LogP contribution < -0.4 is 11.1 Å². The molecule has 0 spiro atoms. The third-order valence-corrected chi connectivity index (χ3v) is 4.66. The molecular weight excluding hydrogens is 337 g/mol. The van der Waals surface area contributed by atoms with E-state index in [1.54, 1.807) is 6.07 Å². The first-order valence-corrected chi connectivity index (χ1v) is 8.26. The van der Waals surface area contributed by atoms with Crippen molar-refractivity contribution in [3.63, 3.8) is 0 Å². The summed E-state index contributed by atoms with van der Waals surface area (Å²) in [5.74, 6) is 0.203. The van der Waals surface area contributed by atoms with Gasteiger partial charge in [0, 0.05) is 12.5 Å². The third-order valence-electron chi connectivity index (χ3n) is 4.11. The van der Waals surface area contributed by atoms with E-state index < -0.39 is 17.9 Å². The SMILES string of the molecule is CC1CC(C(N)NCc2ccccc2C(F)(F)F)=Cc2nsnc21. The van der Waals surface area contributed by atoms with Crippen molar-refractivity contribution in [2.24, 2.45) is 5.73 Å². The van der Waals surface area contributed by atoms with E-state index in [4.69, 9.17) is 5.73 Å². The maximum absolute atomic E-state index is 13.0. The van der Waals surface area contributed by atoms with Gasteiger partial charge in [-0.2, -0.15) is 21.9 Å². The van der Waals surface area contributed by atoms with Crippen LogP contribution >= 0.6 is 11.7 Å². The summed E-state index contributed by atoms with van der Waals surface area (Å²) in [4.78, 5) is 0. The lowest BCUT2D eigenvalue weighted by molar-refractivity contribution is -0.138. The van der Waals surface area contributed by atoms with Crippen LogP contribution in [0.1, 0.15) is 41.8 Å². The maximum atomic E-state index is 13.0. The fraction of sp³-hybridized carbons (Fsp3) is 0.375. The number of fused-ring (bicyclic) bond motifs is 1. The molecule has 0 saturated heterocycles. The second-order valence-electron chi connectivity index (χ2n) is 5.87. The molecular formula is C16H17F3N4S. The highest BCUT2D eigenvalue weighted by molar-refractivity contribution is 6.99. The van der Waals surface area contributed by atoms with Gasteiger partial charge in [-0.15, -0.1) is 0 Å². The first-order chi connectivity index (χ1) is 11.4. The van der Waals surface area contributed by atoms with Crippen LogP contribution in [0, 0.1) is 0 Å². The Hall–Kier alpha value is -1.77. The fourth-order valence-corrected chi connectivity index (χ4v) is 3.48. The van der Waals surface area contributed by atoms with Crippen LogP contribution in [0.25, 0.3) is 6.08 Å². The van der Waals surface area contributed by atoms with Gasteiger partial charge in [0.2, 0.25) is 0 Å². The van der Waals surface area contributed by atoms with Gasteiger partial charge < -0.3 is 5.73 Å². The monoisotopic (exact) mass is 354 g/mol. The van der Waals surface area contributed by atoms with Gasteiger partial charge in [-0.25, -0.2) is 0 Å². The number of hydrogen-bond donors (Lipinski definition) is 2. The van der Waals surface area contributed by atoms with E-state index in [0.29, 0.717) is 6.42 Å². The number of nitrogens with zero attached hydrogens (tertiary/aromatic N) is 2. The second kappa shape index (κ2) is 6.62. The molecule has 1 aromatic heterocycles. The Morgan fingerprint density at radius 2 is 2.08 bits per heavy atom. The van der Waals surface area contributed by atoms with Gasteiger partial charge >= 0.3 is 6.18 Å².